The Hall–Kier alpha value is -2.57. The number of rotatable bonds is 5. The summed E-state index contributed by atoms with van der Waals surface area (Å²) in [5, 5.41) is 4.03. The second-order valence-corrected chi connectivity index (χ2v) is 6.49. The zero-order valence-corrected chi connectivity index (χ0v) is 14.2. The lowest BCUT2D eigenvalue weighted by molar-refractivity contribution is -0.134. The van der Waals surface area contributed by atoms with Gasteiger partial charge >= 0.3 is 0 Å². The third kappa shape index (κ3) is 3.31. The minimum absolute atomic E-state index is 0.171. The van der Waals surface area contributed by atoms with Gasteiger partial charge in [0.1, 0.15) is 11.5 Å². The number of carbonyl (C=O) groups is 1. The van der Waals surface area contributed by atoms with Crippen molar-refractivity contribution in [3.63, 3.8) is 0 Å². The Kier molecular flexibility index (Phi) is 4.29. The summed E-state index contributed by atoms with van der Waals surface area (Å²) in [5.41, 5.74) is 1.13. The van der Waals surface area contributed by atoms with Crippen molar-refractivity contribution in [1.29, 1.82) is 0 Å². The van der Waals surface area contributed by atoms with Crippen molar-refractivity contribution < 1.29 is 18.8 Å². The van der Waals surface area contributed by atoms with Gasteiger partial charge in [-0.3, -0.25) is 4.79 Å². The average Bonchev–Trinajstić information content (AvgIpc) is 3.24. The maximum atomic E-state index is 11.9. The van der Waals surface area contributed by atoms with Gasteiger partial charge < -0.3 is 18.9 Å². The number of aromatic nitrogens is 2. The molecule has 4 rings (SSSR count). The third-order valence-corrected chi connectivity index (χ3v) is 4.79. The summed E-state index contributed by atoms with van der Waals surface area (Å²) in [4.78, 5) is 18.1. The largest absolute Gasteiger partial charge is 0.497 e. The van der Waals surface area contributed by atoms with Gasteiger partial charge in [0.15, 0.2) is 5.82 Å². The van der Waals surface area contributed by atoms with Crippen LogP contribution >= 0.6 is 0 Å². The fraction of sp³-hybridized carbons (Fsp3) is 0.500. The van der Waals surface area contributed by atoms with E-state index in [2.05, 4.69) is 10.1 Å². The second-order valence-electron chi connectivity index (χ2n) is 6.49. The summed E-state index contributed by atoms with van der Waals surface area (Å²) in [5.74, 6) is 3.14. The molecule has 132 valence electrons. The van der Waals surface area contributed by atoms with Crippen molar-refractivity contribution in [1.82, 2.24) is 15.0 Å². The summed E-state index contributed by atoms with van der Waals surface area (Å²) in [6.45, 7) is 1.79. The van der Waals surface area contributed by atoms with Crippen molar-refractivity contribution in [2.75, 3.05) is 20.3 Å². The maximum Gasteiger partial charge on any atom is 0.227 e. The normalized spacial score (nSPS) is 19.6. The summed E-state index contributed by atoms with van der Waals surface area (Å²) in [7, 11) is 1.64. The molecule has 1 atom stereocenters. The van der Waals surface area contributed by atoms with Crippen LogP contribution in [0.2, 0.25) is 0 Å². The van der Waals surface area contributed by atoms with Gasteiger partial charge in [-0.2, -0.15) is 4.98 Å². The number of likely N-dealkylation sites (tertiary alicyclic amines) is 1. The maximum absolute atomic E-state index is 11.9. The molecular formula is C18H21N3O4. The van der Waals surface area contributed by atoms with E-state index in [1.165, 1.54) is 0 Å². The standard InChI is InChI=1S/C18H21N3O4/c1-23-13-5-6-14-12(11-24-15(14)9-13)8-17-19-16(20-25-17)10-21-7-3-2-4-18(21)22/h5-6,9,12H,2-4,7-8,10-11H2,1H3. The molecule has 3 heterocycles. The van der Waals surface area contributed by atoms with E-state index < -0.39 is 0 Å². The number of amides is 1. The van der Waals surface area contributed by atoms with E-state index in [1.807, 2.05) is 18.2 Å². The van der Waals surface area contributed by atoms with Crippen molar-refractivity contribution in [3.05, 3.63) is 35.5 Å². The molecule has 1 amide bonds. The Balaban J connectivity index is 1.41. The fourth-order valence-corrected chi connectivity index (χ4v) is 3.40. The lowest BCUT2D eigenvalue weighted by Crippen LogP contribution is -2.34. The van der Waals surface area contributed by atoms with Crippen LogP contribution in [0, 0.1) is 0 Å². The molecule has 1 fully saturated rings. The predicted molar refractivity (Wildman–Crippen MR) is 88.5 cm³/mol. The molecule has 25 heavy (non-hydrogen) atoms. The minimum Gasteiger partial charge on any atom is -0.497 e. The van der Waals surface area contributed by atoms with Crippen LogP contribution in [0.4, 0.5) is 0 Å². The van der Waals surface area contributed by atoms with Crippen LogP contribution in [0.5, 0.6) is 11.5 Å². The highest BCUT2D eigenvalue weighted by Crippen LogP contribution is 2.38. The number of ether oxygens (including phenoxy) is 2. The van der Waals surface area contributed by atoms with Crippen molar-refractivity contribution in [2.45, 2.75) is 38.1 Å². The number of nitrogens with zero attached hydrogens (tertiary/aromatic N) is 3. The molecule has 0 radical (unpaired) electrons. The van der Waals surface area contributed by atoms with Gasteiger partial charge in [0.25, 0.3) is 0 Å². The summed E-state index contributed by atoms with van der Waals surface area (Å²) >= 11 is 0. The van der Waals surface area contributed by atoms with E-state index in [-0.39, 0.29) is 11.8 Å². The first-order chi connectivity index (χ1) is 12.2. The molecule has 2 aliphatic rings. The molecule has 1 unspecified atom stereocenters. The van der Waals surface area contributed by atoms with E-state index in [1.54, 1.807) is 12.0 Å². The molecule has 7 heteroatoms. The van der Waals surface area contributed by atoms with Crippen molar-refractivity contribution in [3.8, 4) is 11.5 Å². The Labute approximate surface area is 145 Å². The second kappa shape index (κ2) is 6.74. The first kappa shape index (κ1) is 15.9. The van der Waals surface area contributed by atoms with Gasteiger partial charge in [0.05, 0.1) is 20.3 Å². The van der Waals surface area contributed by atoms with E-state index in [9.17, 15) is 4.79 Å². The van der Waals surface area contributed by atoms with Crippen LogP contribution in [0.25, 0.3) is 0 Å². The van der Waals surface area contributed by atoms with Crippen LogP contribution in [-0.2, 0) is 17.8 Å². The Morgan fingerprint density at radius 1 is 1.36 bits per heavy atom. The van der Waals surface area contributed by atoms with Crippen LogP contribution < -0.4 is 9.47 Å². The van der Waals surface area contributed by atoms with Crippen LogP contribution in [0.3, 0.4) is 0 Å². The molecule has 2 aliphatic heterocycles. The fourth-order valence-electron chi connectivity index (χ4n) is 3.40. The van der Waals surface area contributed by atoms with E-state index in [0.29, 0.717) is 37.7 Å². The zero-order chi connectivity index (χ0) is 17.2. The molecule has 0 spiro atoms. The Morgan fingerprint density at radius 3 is 3.12 bits per heavy atom. The van der Waals surface area contributed by atoms with Gasteiger partial charge in [0.2, 0.25) is 11.8 Å². The molecule has 0 N–H and O–H groups in total. The summed E-state index contributed by atoms with van der Waals surface area (Å²) in [6, 6.07) is 5.85. The molecule has 1 saturated heterocycles. The van der Waals surface area contributed by atoms with E-state index in [4.69, 9.17) is 14.0 Å². The van der Waals surface area contributed by atoms with Gasteiger partial charge in [0, 0.05) is 36.9 Å². The highest BCUT2D eigenvalue weighted by Gasteiger charge is 2.27. The summed E-state index contributed by atoms with van der Waals surface area (Å²) < 4.78 is 16.4. The SMILES string of the molecule is COc1ccc2c(c1)OCC2Cc1nc(CN2CCCCC2=O)no1. The number of fused-ring (bicyclic) bond motifs is 1. The van der Waals surface area contributed by atoms with Gasteiger partial charge in [-0.1, -0.05) is 11.2 Å². The quantitative estimate of drug-likeness (QED) is 0.829. The smallest absolute Gasteiger partial charge is 0.227 e. The highest BCUT2D eigenvalue weighted by molar-refractivity contribution is 5.76. The minimum atomic E-state index is 0.171. The number of methoxy groups -OCH3 is 1. The van der Waals surface area contributed by atoms with Crippen molar-refractivity contribution >= 4 is 5.91 Å². The molecule has 0 bridgehead atoms. The van der Waals surface area contributed by atoms with Crippen LogP contribution in [0.15, 0.2) is 22.7 Å². The molecule has 0 saturated carbocycles. The zero-order valence-electron chi connectivity index (χ0n) is 14.2. The first-order valence-corrected chi connectivity index (χ1v) is 8.63. The molecule has 0 aliphatic carbocycles. The lowest BCUT2D eigenvalue weighted by Gasteiger charge is -2.25. The molecule has 1 aromatic heterocycles. The Bertz CT molecular complexity index is 773. The molecule has 2 aromatic rings. The predicted octanol–water partition coefficient (Wildman–Crippen LogP) is 2.31. The third-order valence-electron chi connectivity index (χ3n) is 4.79. The average molecular weight is 343 g/mol. The van der Waals surface area contributed by atoms with E-state index in [0.717, 1.165) is 36.4 Å². The lowest BCUT2D eigenvalue weighted by atomic mass is 9.98. The van der Waals surface area contributed by atoms with Crippen molar-refractivity contribution in [2.24, 2.45) is 0 Å². The monoisotopic (exact) mass is 343 g/mol. The first-order valence-electron chi connectivity index (χ1n) is 8.63. The Morgan fingerprint density at radius 2 is 2.28 bits per heavy atom. The van der Waals surface area contributed by atoms with Crippen LogP contribution in [-0.4, -0.2) is 41.2 Å². The van der Waals surface area contributed by atoms with E-state index >= 15 is 0 Å². The molecule has 7 nitrogen and oxygen atoms in total. The van der Waals surface area contributed by atoms with Crippen LogP contribution in [0.1, 0.15) is 42.5 Å². The van der Waals surface area contributed by atoms with Gasteiger partial charge in [-0.05, 0) is 18.9 Å². The topological polar surface area (TPSA) is 77.7 Å². The van der Waals surface area contributed by atoms with Gasteiger partial charge in [-0.25, -0.2) is 0 Å². The highest BCUT2D eigenvalue weighted by atomic mass is 16.5. The number of piperidine rings is 1. The number of carbonyl (C=O) groups excluding carboxylic acids is 1. The van der Waals surface area contributed by atoms with Gasteiger partial charge in [-0.15, -0.1) is 0 Å². The number of hydrogen-bond acceptors (Lipinski definition) is 6. The molecule has 1 aromatic carbocycles. The number of benzene rings is 1. The number of hydrogen-bond donors (Lipinski definition) is 0. The summed E-state index contributed by atoms with van der Waals surface area (Å²) in [6.07, 6.45) is 3.25. The molecular weight excluding hydrogens is 322 g/mol.